The van der Waals surface area contributed by atoms with Crippen LogP contribution in [0.5, 0.6) is 0 Å². The Morgan fingerprint density at radius 3 is 2.26 bits per heavy atom. The van der Waals surface area contributed by atoms with Gasteiger partial charge >= 0.3 is 0 Å². The smallest absolute Gasteiger partial charge is 0.242 e. The maximum Gasteiger partial charge on any atom is 0.242 e. The molecule has 0 saturated heterocycles. The molecule has 0 aliphatic rings. The third-order valence-electron chi connectivity index (χ3n) is 3.13. The van der Waals surface area contributed by atoms with Gasteiger partial charge in [-0.15, -0.1) is 0 Å². The summed E-state index contributed by atoms with van der Waals surface area (Å²) in [7, 11) is -2.27. The second-order valence-corrected chi connectivity index (χ2v) is 6.13. The number of anilines is 1. The average Bonchev–Trinajstić information content (AvgIpc) is 2.45. The fourth-order valence-electron chi connectivity index (χ4n) is 1.64. The molecule has 0 fully saturated rings. The molecule has 7 heteroatoms. The van der Waals surface area contributed by atoms with Gasteiger partial charge in [-0.25, -0.2) is 13.1 Å². The number of nitrogens with one attached hydrogen (secondary N) is 2. The molecule has 1 aromatic rings. The van der Waals surface area contributed by atoms with Gasteiger partial charge in [0, 0.05) is 0 Å². The predicted molar refractivity (Wildman–Crippen MR) is 73.5 cm³/mol. The van der Waals surface area contributed by atoms with Crippen LogP contribution in [0.3, 0.4) is 0 Å². The summed E-state index contributed by atoms with van der Waals surface area (Å²) in [6.07, 6.45) is 0.452. The van der Waals surface area contributed by atoms with Gasteiger partial charge in [0.05, 0.1) is 24.4 Å². The number of aliphatic hydroxyl groups is 2. The molecule has 1 rings (SSSR count). The number of para-hydroxylation sites is 1. The number of rotatable bonds is 7. The first-order valence-electron chi connectivity index (χ1n) is 5.97. The minimum atomic E-state index is -3.60. The minimum absolute atomic E-state index is 0.0808. The van der Waals surface area contributed by atoms with Gasteiger partial charge in [0.15, 0.2) is 0 Å². The highest BCUT2D eigenvalue weighted by Gasteiger charge is 2.28. The van der Waals surface area contributed by atoms with Gasteiger partial charge in [-0.1, -0.05) is 19.1 Å². The first kappa shape index (κ1) is 15.9. The number of hydrogen-bond donors (Lipinski definition) is 4. The summed E-state index contributed by atoms with van der Waals surface area (Å²) in [5.74, 6) is 0. The summed E-state index contributed by atoms with van der Waals surface area (Å²) in [5, 5.41) is 21.7. The van der Waals surface area contributed by atoms with Crippen molar-refractivity contribution >= 4 is 15.7 Å². The molecule has 0 unspecified atom stereocenters. The zero-order chi connectivity index (χ0) is 14.5. The Morgan fingerprint density at radius 2 is 1.79 bits per heavy atom. The van der Waals surface area contributed by atoms with Crippen LogP contribution in [0, 0.1) is 0 Å². The number of aliphatic hydroxyl groups excluding tert-OH is 2. The molecule has 0 aliphatic carbocycles. The second-order valence-electron chi connectivity index (χ2n) is 4.28. The van der Waals surface area contributed by atoms with E-state index in [-0.39, 0.29) is 18.1 Å². The number of sulfonamides is 1. The van der Waals surface area contributed by atoms with Crippen molar-refractivity contribution in [1.82, 2.24) is 4.72 Å². The molecule has 0 bridgehead atoms. The Morgan fingerprint density at radius 1 is 1.21 bits per heavy atom. The standard InChI is InChI=1S/C12H20N2O4S/c1-3-12(8-15,9-16)14-10-6-4-5-7-11(10)19(17,18)13-2/h4-7,13-16H,3,8-9H2,1-2H3. The SMILES string of the molecule is CCC(CO)(CO)Nc1ccccc1S(=O)(=O)NC. The highest BCUT2D eigenvalue weighted by atomic mass is 32.2. The highest BCUT2D eigenvalue weighted by Crippen LogP contribution is 2.25. The van der Waals surface area contributed by atoms with Gasteiger partial charge in [-0.2, -0.15) is 0 Å². The number of hydrogen-bond acceptors (Lipinski definition) is 5. The van der Waals surface area contributed by atoms with E-state index in [4.69, 9.17) is 0 Å². The first-order chi connectivity index (χ1) is 8.94. The van der Waals surface area contributed by atoms with Gasteiger partial charge in [0.25, 0.3) is 0 Å². The molecule has 0 heterocycles. The zero-order valence-electron chi connectivity index (χ0n) is 11.0. The molecule has 0 saturated carbocycles. The van der Waals surface area contributed by atoms with E-state index in [0.717, 1.165) is 0 Å². The second kappa shape index (κ2) is 6.33. The van der Waals surface area contributed by atoms with Gasteiger partial charge in [-0.3, -0.25) is 0 Å². The van der Waals surface area contributed by atoms with Crippen LogP contribution in [0.4, 0.5) is 5.69 Å². The topological polar surface area (TPSA) is 98.7 Å². The van der Waals surface area contributed by atoms with Crippen LogP contribution in [0.25, 0.3) is 0 Å². The fraction of sp³-hybridized carbons (Fsp3) is 0.500. The third kappa shape index (κ3) is 3.44. The Kier molecular flexibility index (Phi) is 5.30. The largest absolute Gasteiger partial charge is 0.394 e. The van der Waals surface area contributed by atoms with Crippen molar-refractivity contribution in [2.45, 2.75) is 23.8 Å². The van der Waals surface area contributed by atoms with Crippen molar-refractivity contribution in [2.75, 3.05) is 25.6 Å². The predicted octanol–water partition coefficient (Wildman–Crippen LogP) is 0.140. The summed E-state index contributed by atoms with van der Waals surface area (Å²) < 4.78 is 26.0. The van der Waals surface area contributed by atoms with E-state index in [1.807, 2.05) is 0 Å². The van der Waals surface area contributed by atoms with Crippen LogP contribution in [0.15, 0.2) is 29.2 Å². The normalized spacial score (nSPS) is 12.4. The van der Waals surface area contributed by atoms with Gasteiger partial charge in [0.1, 0.15) is 4.90 Å². The molecule has 1 aromatic carbocycles. The zero-order valence-corrected chi connectivity index (χ0v) is 11.9. The molecule has 0 amide bonds. The van der Waals surface area contributed by atoms with E-state index in [2.05, 4.69) is 10.0 Å². The van der Waals surface area contributed by atoms with Crippen molar-refractivity contribution in [1.29, 1.82) is 0 Å². The lowest BCUT2D eigenvalue weighted by molar-refractivity contribution is 0.132. The van der Waals surface area contributed by atoms with Crippen LogP contribution >= 0.6 is 0 Å². The summed E-state index contributed by atoms with van der Waals surface area (Å²) in [6, 6.07) is 6.36. The van der Waals surface area contributed by atoms with Crippen molar-refractivity contribution in [3.8, 4) is 0 Å². The van der Waals surface area contributed by atoms with E-state index >= 15 is 0 Å². The van der Waals surface area contributed by atoms with Crippen molar-refractivity contribution in [3.63, 3.8) is 0 Å². The highest BCUT2D eigenvalue weighted by molar-refractivity contribution is 7.89. The lowest BCUT2D eigenvalue weighted by atomic mass is 9.98. The molecule has 0 aromatic heterocycles. The first-order valence-corrected chi connectivity index (χ1v) is 7.45. The maximum absolute atomic E-state index is 11.9. The van der Waals surface area contributed by atoms with E-state index < -0.39 is 15.6 Å². The summed E-state index contributed by atoms with van der Waals surface area (Å²) in [4.78, 5) is 0.0808. The Hall–Kier alpha value is -1.15. The van der Waals surface area contributed by atoms with Crippen LogP contribution in [0.2, 0.25) is 0 Å². The van der Waals surface area contributed by atoms with Crippen LogP contribution in [-0.2, 0) is 10.0 Å². The monoisotopic (exact) mass is 288 g/mol. The van der Waals surface area contributed by atoms with Crippen molar-refractivity contribution in [2.24, 2.45) is 0 Å². The Bertz CT molecular complexity index is 504. The van der Waals surface area contributed by atoms with Crippen LogP contribution in [0.1, 0.15) is 13.3 Å². The van der Waals surface area contributed by atoms with E-state index in [1.54, 1.807) is 25.1 Å². The van der Waals surface area contributed by atoms with Crippen LogP contribution < -0.4 is 10.0 Å². The van der Waals surface area contributed by atoms with E-state index in [0.29, 0.717) is 12.1 Å². The molecular weight excluding hydrogens is 268 g/mol. The molecule has 108 valence electrons. The quantitative estimate of drug-likeness (QED) is 0.572. The molecule has 0 spiro atoms. The average molecular weight is 288 g/mol. The fourth-order valence-corrected chi connectivity index (χ4v) is 2.53. The molecule has 0 aliphatic heterocycles. The Labute approximate surface area is 113 Å². The molecule has 4 N–H and O–H groups in total. The van der Waals surface area contributed by atoms with E-state index in [9.17, 15) is 18.6 Å². The molecule has 6 nitrogen and oxygen atoms in total. The summed E-state index contributed by atoms with van der Waals surface area (Å²) in [5.41, 5.74) is -0.596. The summed E-state index contributed by atoms with van der Waals surface area (Å²) in [6.45, 7) is 1.20. The maximum atomic E-state index is 11.9. The minimum Gasteiger partial charge on any atom is -0.394 e. The molecule has 19 heavy (non-hydrogen) atoms. The molecular formula is C12H20N2O4S. The Balaban J connectivity index is 3.22. The lowest BCUT2D eigenvalue weighted by Crippen LogP contribution is -2.45. The van der Waals surface area contributed by atoms with Gasteiger partial charge in [-0.05, 0) is 25.6 Å². The van der Waals surface area contributed by atoms with Gasteiger partial charge < -0.3 is 15.5 Å². The third-order valence-corrected chi connectivity index (χ3v) is 4.60. The van der Waals surface area contributed by atoms with Crippen LogP contribution in [-0.4, -0.2) is 44.4 Å². The van der Waals surface area contributed by atoms with Crippen molar-refractivity contribution in [3.05, 3.63) is 24.3 Å². The van der Waals surface area contributed by atoms with Gasteiger partial charge in [0.2, 0.25) is 10.0 Å². The van der Waals surface area contributed by atoms with Crippen molar-refractivity contribution < 1.29 is 18.6 Å². The molecule has 0 radical (unpaired) electrons. The number of benzene rings is 1. The lowest BCUT2D eigenvalue weighted by Gasteiger charge is -2.31. The summed E-state index contributed by atoms with van der Waals surface area (Å²) >= 11 is 0. The molecule has 0 atom stereocenters. The van der Waals surface area contributed by atoms with E-state index in [1.165, 1.54) is 13.1 Å².